The monoisotopic (exact) mass is 194 g/mol. The van der Waals surface area contributed by atoms with Crippen molar-refractivity contribution in [3.63, 3.8) is 0 Å². The highest BCUT2D eigenvalue weighted by atomic mass is 16.3. The van der Waals surface area contributed by atoms with E-state index in [1.165, 1.54) is 25.9 Å². The normalized spacial score (nSPS) is 20.1. The van der Waals surface area contributed by atoms with Crippen LogP contribution in [0.1, 0.15) is 24.5 Å². The molecular weight excluding hydrogens is 176 g/mol. The van der Waals surface area contributed by atoms with Gasteiger partial charge in [0.05, 0.1) is 6.26 Å². The molecule has 0 aliphatic carbocycles. The number of likely N-dealkylation sites (tertiary alicyclic amines) is 1. The average Bonchev–Trinajstić information content (AvgIpc) is 2.86. The largest absolute Gasteiger partial charge is 0.469 e. The third-order valence-electron chi connectivity index (χ3n) is 2.91. The van der Waals surface area contributed by atoms with Crippen molar-refractivity contribution < 1.29 is 4.42 Å². The van der Waals surface area contributed by atoms with Crippen LogP contribution in [0.4, 0.5) is 0 Å². The number of nitrogens with two attached hydrogens (primary N) is 1. The molecule has 14 heavy (non-hydrogen) atoms. The molecule has 0 bridgehead atoms. The van der Waals surface area contributed by atoms with Crippen molar-refractivity contribution in [3.05, 3.63) is 24.2 Å². The highest BCUT2D eigenvalue weighted by molar-refractivity contribution is 5.06. The first-order chi connectivity index (χ1) is 6.90. The van der Waals surface area contributed by atoms with Crippen molar-refractivity contribution in [1.29, 1.82) is 0 Å². The lowest BCUT2D eigenvalue weighted by Crippen LogP contribution is -2.29. The maximum Gasteiger partial charge on any atom is 0.109 e. The molecule has 0 radical (unpaired) electrons. The second-order valence-corrected chi connectivity index (χ2v) is 3.96. The molecule has 0 spiro atoms. The second-order valence-electron chi connectivity index (χ2n) is 3.96. The lowest BCUT2D eigenvalue weighted by molar-refractivity contribution is 0.297. The van der Waals surface area contributed by atoms with Crippen LogP contribution in [-0.2, 0) is 0 Å². The topological polar surface area (TPSA) is 42.4 Å². The molecule has 1 saturated heterocycles. The van der Waals surface area contributed by atoms with Crippen LogP contribution in [0.25, 0.3) is 0 Å². The van der Waals surface area contributed by atoms with Gasteiger partial charge in [-0.2, -0.15) is 0 Å². The van der Waals surface area contributed by atoms with Crippen LogP contribution in [0.15, 0.2) is 22.8 Å². The summed E-state index contributed by atoms with van der Waals surface area (Å²) in [6, 6.07) is 3.95. The Morgan fingerprint density at radius 1 is 1.43 bits per heavy atom. The van der Waals surface area contributed by atoms with Gasteiger partial charge in [0.25, 0.3) is 0 Å². The smallest absolute Gasteiger partial charge is 0.109 e. The van der Waals surface area contributed by atoms with Gasteiger partial charge in [0.15, 0.2) is 0 Å². The first-order valence-electron chi connectivity index (χ1n) is 5.36. The van der Waals surface area contributed by atoms with E-state index in [4.69, 9.17) is 10.2 Å². The fourth-order valence-electron chi connectivity index (χ4n) is 2.08. The van der Waals surface area contributed by atoms with E-state index in [-0.39, 0.29) is 0 Å². The van der Waals surface area contributed by atoms with Gasteiger partial charge in [-0.1, -0.05) is 0 Å². The van der Waals surface area contributed by atoms with Crippen LogP contribution in [-0.4, -0.2) is 31.1 Å². The average molecular weight is 194 g/mol. The number of rotatable bonds is 4. The van der Waals surface area contributed by atoms with Gasteiger partial charge in [0.1, 0.15) is 5.76 Å². The van der Waals surface area contributed by atoms with Gasteiger partial charge in [-0.3, -0.25) is 0 Å². The molecule has 2 rings (SSSR count). The van der Waals surface area contributed by atoms with Gasteiger partial charge in [0, 0.05) is 19.0 Å². The van der Waals surface area contributed by atoms with E-state index in [1.54, 1.807) is 6.26 Å². The molecule has 1 atom stereocenters. The van der Waals surface area contributed by atoms with E-state index in [9.17, 15) is 0 Å². The van der Waals surface area contributed by atoms with Crippen LogP contribution in [0.5, 0.6) is 0 Å². The van der Waals surface area contributed by atoms with E-state index in [2.05, 4.69) is 4.90 Å². The molecule has 1 aliphatic rings. The van der Waals surface area contributed by atoms with E-state index in [0.29, 0.717) is 12.5 Å². The Bertz CT molecular complexity index is 252. The zero-order valence-electron chi connectivity index (χ0n) is 8.48. The van der Waals surface area contributed by atoms with E-state index < -0.39 is 0 Å². The summed E-state index contributed by atoms with van der Waals surface area (Å²) in [6.07, 6.45) is 4.38. The summed E-state index contributed by atoms with van der Waals surface area (Å²) in [5.74, 6) is 1.39. The molecular formula is C11H18N2O. The first kappa shape index (κ1) is 9.74. The maximum atomic E-state index is 5.76. The Labute approximate surface area is 84.9 Å². The summed E-state index contributed by atoms with van der Waals surface area (Å²) < 4.78 is 5.39. The Balaban J connectivity index is 1.93. The summed E-state index contributed by atoms with van der Waals surface area (Å²) in [5, 5.41) is 0. The lowest BCUT2D eigenvalue weighted by Gasteiger charge is -2.20. The van der Waals surface area contributed by atoms with Crippen molar-refractivity contribution >= 4 is 0 Å². The van der Waals surface area contributed by atoms with E-state index in [0.717, 1.165) is 12.3 Å². The first-order valence-corrected chi connectivity index (χ1v) is 5.36. The van der Waals surface area contributed by atoms with Gasteiger partial charge in [-0.15, -0.1) is 0 Å². The molecule has 3 heteroatoms. The molecule has 1 aliphatic heterocycles. The minimum atomic E-state index is 0.364. The molecule has 1 fully saturated rings. The summed E-state index contributed by atoms with van der Waals surface area (Å²) in [6.45, 7) is 4.16. The van der Waals surface area contributed by atoms with Crippen molar-refractivity contribution in [2.75, 3.05) is 26.2 Å². The number of nitrogens with zero attached hydrogens (tertiary/aromatic N) is 1. The minimum absolute atomic E-state index is 0.364. The zero-order chi connectivity index (χ0) is 9.80. The van der Waals surface area contributed by atoms with Crippen molar-refractivity contribution in [1.82, 2.24) is 4.90 Å². The van der Waals surface area contributed by atoms with Gasteiger partial charge in [0.2, 0.25) is 0 Å². The van der Waals surface area contributed by atoms with E-state index >= 15 is 0 Å². The van der Waals surface area contributed by atoms with E-state index in [1.807, 2.05) is 12.1 Å². The lowest BCUT2D eigenvalue weighted by atomic mass is 10.1. The minimum Gasteiger partial charge on any atom is -0.469 e. The molecule has 0 aromatic carbocycles. The van der Waals surface area contributed by atoms with Gasteiger partial charge >= 0.3 is 0 Å². The van der Waals surface area contributed by atoms with Crippen molar-refractivity contribution in [2.45, 2.75) is 18.8 Å². The SMILES string of the molecule is NCC(CN1CCCC1)c1ccco1. The van der Waals surface area contributed by atoms with Crippen LogP contribution in [0.2, 0.25) is 0 Å². The van der Waals surface area contributed by atoms with Gasteiger partial charge < -0.3 is 15.1 Å². The van der Waals surface area contributed by atoms with Crippen LogP contribution >= 0.6 is 0 Å². The fraction of sp³-hybridized carbons (Fsp3) is 0.636. The predicted molar refractivity (Wildman–Crippen MR) is 56.2 cm³/mol. The quantitative estimate of drug-likeness (QED) is 0.788. The summed E-state index contributed by atoms with van der Waals surface area (Å²) in [7, 11) is 0. The van der Waals surface area contributed by atoms with Crippen molar-refractivity contribution in [2.24, 2.45) is 5.73 Å². The van der Waals surface area contributed by atoms with Gasteiger partial charge in [-0.05, 0) is 38.1 Å². The predicted octanol–water partition coefficient (Wildman–Crippen LogP) is 1.42. The molecule has 0 amide bonds. The summed E-state index contributed by atoms with van der Waals surface area (Å²) in [4.78, 5) is 2.47. The Morgan fingerprint density at radius 2 is 2.21 bits per heavy atom. The highest BCUT2D eigenvalue weighted by Gasteiger charge is 2.19. The zero-order valence-corrected chi connectivity index (χ0v) is 8.48. The van der Waals surface area contributed by atoms with Crippen LogP contribution < -0.4 is 5.73 Å². The number of furan rings is 1. The maximum absolute atomic E-state index is 5.76. The Hall–Kier alpha value is -0.800. The number of hydrogen-bond acceptors (Lipinski definition) is 3. The molecule has 2 heterocycles. The molecule has 78 valence electrons. The van der Waals surface area contributed by atoms with Crippen molar-refractivity contribution in [3.8, 4) is 0 Å². The Kier molecular flexibility index (Phi) is 3.22. The molecule has 2 N–H and O–H groups in total. The molecule has 1 unspecified atom stereocenters. The molecule has 1 aromatic rings. The fourth-order valence-corrected chi connectivity index (χ4v) is 2.08. The standard InChI is InChI=1S/C11H18N2O/c12-8-10(11-4-3-7-14-11)9-13-5-1-2-6-13/h3-4,7,10H,1-2,5-6,8-9,12H2. The summed E-state index contributed by atoms with van der Waals surface area (Å²) >= 11 is 0. The molecule has 1 aromatic heterocycles. The molecule has 0 saturated carbocycles. The third-order valence-corrected chi connectivity index (χ3v) is 2.91. The highest BCUT2D eigenvalue weighted by Crippen LogP contribution is 2.19. The number of hydrogen-bond donors (Lipinski definition) is 1. The Morgan fingerprint density at radius 3 is 2.79 bits per heavy atom. The van der Waals surface area contributed by atoms with Crippen LogP contribution in [0, 0.1) is 0 Å². The molecule has 3 nitrogen and oxygen atoms in total. The second kappa shape index (κ2) is 4.62. The van der Waals surface area contributed by atoms with Crippen LogP contribution in [0.3, 0.4) is 0 Å². The summed E-state index contributed by atoms with van der Waals surface area (Å²) in [5.41, 5.74) is 5.76. The third kappa shape index (κ3) is 2.16. The van der Waals surface area contributed by atoms with Gasteiger partial charge in [-0.25, -0.2) is 0 Å².